The highest BCUT2D eigenvalue weighted by Crippen LogP contribution is 2.16. The van der Waals surface area contributed by atoms with E-state index in [1.165, 1.54) is 24.3 Å². The fourth-order valence-corrected chi connectivity index (χ4v) is 2.00. The first kappa shape index (κ1) is 16.7. The molecule has 0 aliphatic rings. The number of hydrogen-bond donors (Lipinski definition) is 3. The number of urea groups is 1. The Labute approximate surface area is 135 Å². The van der Waals surface area contributed by atoms with Crippen molar-refractivity contribution in [2.45, 2.75) is 6.54 Å². The molecule has 0 fully saturated rings. The minimum absolute atomic E-state index is 0.0469. The number of hydrogen-bond acceptors (Lipinski definition) is 2. The predicted octanol–water partition coefficient (Wildman–Crippen LogP) is 3.04. The first-order valence-corrected chi connectivity index (χ1v) is 6.83. The zero-order valence-corrected chi connectivity index (χ0v) is 12.5. The molecule has 0 saturated carbocycles. The molecule has 3 amide bonds. The van der Waals surface area contributed by atoms with Crippen molar-refractivity contribution in [3.63, 3.8) is 0 Å². The molecule has 4 N–H and O–H groups in total. The van der Waals surface area contributed by atoms with E-state index in [9.17, 15) is 18.4 Å². The van der Waals surface area contributed by atoms with Gasteiger partial charge in [0.2, 0.25) is 0 Å². The molecule has 2 rings (SSSR count). The third-order valence-corrected chi connectivity index (χ3v) is 3.22. The van der Waals surface area contributed by atoms with Gasteiger partial charge in [-0.15, -0.1) is 0 Å². The molecule has 0 unspecified atom stereocenters. The van der Waals surface area contributed by atoms with Gasteiger partial charge in [0.25, 0.3) is 5.91 Å². The summed E-state index contributed by atoms with van der Waals surface area (Å²) in [5, 5.41) is 4.90. The summed E-state index contributed by atoms with van der Waals surface area (Å²) in [6.07, 6.45) is 0. The maximum atomic E-state index is 13.3. The monoisotopic (exact) mass is 339 g/mol. The fraction of sp³-hybridized carbons (Fsp3) is 0.0667. The van der Waals surface area contributed by atoms with Crippen molar-refractivity contribution in [1.29, 1.82) is 0 Å². The van der Waals surface area contributed by atoms with E-state index in [1.807, 2.05) is 0 Å². The van der Waals surface area contributed by atoms with Gasteiger partial charge < -0.3 is 16.4 Å². The molecular weight excluding hydrogens is 328 g/mol. The van der Waals surface area contributed by atoms with Crippen molar-refractivity contribution >= 4 is 29.2 Å². The molecule has 0 saturated heterocycles. The third kappa shape index (κ3) is 4.40. The molecule has 0 bridgehead atoms. The highest BCUT2D eigenvalue weighted by molar-refractivity contribution is 6.30. The lowest BCUT2D eigenvalue weighted by Gasteiger charge is -2.09. The average Bonchev–Trinajstić information content (AvgIpc) is 2.50. The van der Waals surface area contributed by atoms with Gasteiger partial charge in [0, 0.05) is 12.2 Å². The van der Waals surface area contributed by atoms with E-state index in [0.29, 0.717) is 5.56 Å². The van der Waals surface area contributed by atoms with Crippen LogP contribution in [0.2, 0.25) is 5.02 Å². The lowest BCUT2D eigenvalue weighted by molar-refractivity contribution is 0.0996. The Hall–Kier alpha value is -2.67. The van der Waals surface area contributed by atoms with Crippen LogP contribution in [0.15, 0.2) is 36.4 Å². The molecule has 0 aromatic heterocycles. The number of primary amides is 1. The van der Waals surface area contributed by atoms with E-state index in [1.54, 1.807) is 0 Å². The Kier molecular flexibility index (Phi) is 5.13. The largest absolute Gasteiger partial charge is 0.366 e. The van der Waals surface area contributed by atoms with E-state index >= 15 is 0 Å². The minimum atomic E-state index is -0.937. The standard InChI is InChI=1S/C15H12ClF2N3O2/c16-11-5-8(1-3-13(11)18)7-20-15(23)21-9-2-4-12(17)10(6-9)14(19)22/h1-6H,7H2,(H2,19,22)(H2,20,21,23). The van der Waals surface area contributed by atoms with Crippen molar-refractivity contribution in [1.82, 2.24) is 5.32 Å². The van der Waals surface area contributed by atoms with Crippen LogP contribution < -0.4 is 16.4 Å². The van der Waals surface area contributed by atoms with Gasteiger partial charge in [-0.2, -0.15) is 0 Å². The van der Waals surface area contributed by atoms with Gasteiger partial charge >= 0.3 is 6.03 Å². The van der Waals surface area contributed by atoms with Crippen LogP contribution in [-0.4, -0.2) is 11.9 Å². The second kappa shape index (κ2) is 7.06. The summed E-state index contributed by atoms with van der Waals surface area (Å²) in [7, 11) is 0. The van der Waals surface area contributed by atoms with Crippen LogP contribution in [0.4, 0.5) is 19.3 Å². The van der Waals surface area contributed by atoms with Crippen LogP contribution in [0.5, 0.6) is 0 Å². The molecule has 23 heavy (non-hydrogen) atoms. The summed E-state index contributed by atoms with van der Waals surface area (Å²) in [6, 6.07) is 6.91. The summed E-state index contributed by atoms with van der Waals surface area (Å²) in [5.74, 6) is -2.26. The SMILES string of the molecule is NC(=O)c1cc(NC(=O)NCc2ccc(F)c(Cl)c2)ccc1F. The quantitative estimate of drug-likeness (QED) is 0.800. The van der Waals surface area contributed by atoms with Crippen molar-refractivity contribution < 1.29 is 18.4 Å². The van der Waals surface area contributed by atoms with E-state index in [2.05, 4.69) is 10.6 Å². The molecule has 0 spiro atoms. The first-order valence-electron chi connectivity index (χ1n) is 6.45. The summed E-state index contributed by atoms with van der Waals surface area (Å²) < 4.78 is 26.3. The molecule has 0 atom stereocenters. The van der Waals surface area contributed by atoms with Gasteiger partial charge in [-0.05, 0) is 35.9 Å². The number of amides is 3. The second-order valence-corrected chi connectivity index (χ2v) is 5.02. The Bertz CT molecular complexity index is 768. The Morgan fingerprint density at radius 3 is 2.43 bits per heavy atom. The van der Waals surface area contributed by atoms with E-state index in [-0.39, 0.29) is 22.8 Å². The smallest absolute Gasteiger partial charge is 0.319 e. The molecule has 5 nitrogen and oxygen atoms in total. The fourth-order valence-electron chi connectivity index (χ4n) is 1.80. The van der Waals surface area contributed by atoms with Crippen molar-refractivity contribution in [3.05, 3.63) is 64.2 Å². The van der Waals surface area contributed by atoms with Gasteiger partial charge in [-0.3, -0.25) is 4.79 Å². The third-order valence-electron chi connectivity index (χ3n) is 2.93. The van der Waals surface area contributed by atoms with E-state index in [0.717, 1.165) is 12.1 Å². The van der Waals surface area contributed by atoms with Crippen molar-refractivity contribution in [3.8, 4) is 0 Å². The maximum Gasteiger partial charge on any atom is 0.319 e. The number of nitrogens with one attached hydrogen (secondary N) is 2. The minimum Gasteiger partial charge on any atom is -0.366 e. The number of rotatable bonds is 4. The second-order valence-electron chi connectivity index (χ2n) is 4.62. The molecule has 0 aliphatic carbocycles. The van der Waals surface area contributed by atoms with Crippen LogP contribution >= 0.6 is 11.6 Å². The van der Waals surface area contributed by atoms with Crippen molar-refractivity contribution in [2.24, 2.45) is 5.73 Å². The van der Waals surface area contributed by atoms with Crippen LogP contribution in [0.3, 0.4) is 0 Å². The van der Waals surface area contributed by atoms with Gasteiger partial charge in [0.15, 0.2) is 0 Å². The van der Waals surface area contributed by atoms with Crippen LogP contribution in [0.25, 0.3) is 0 Å². The maximum absolute atomic E-state index is 13.3. The van der Waals surface area contributed by atoms with Crippen molar-refractivity contribution in [2.75, 3.05) is 5.32 Å². The highest BCUT2D eigenvalue weighted by Gasteiger charge is 2.10. The van der Waals surface area contributed by atoms with Gasteiger partial charge in [-0.25, -0.2) is 13.6 Å². The Morgan fingerprint density at radius 2 is 1.78 bits per heavy atom. The van der Waals surface area contributed by atoms with Gasteiger partial charge in [0.1, 0.15) is 11.6 Å². The Balaban J connectivity index is 1.98. The van der Waals surface area contributed by atoms with E-state index in [4.69, 9.17) is 17.3 Å². The molecule has 0 radical (unpaired) electrons. The summed E-state index contributed by atoms with van der Waals surface area (Å²) in [6.45, 7) is 0.107. The predicted molar refractivity (Wildman–Crippen MR) is 82.2 cm³/mol. The topological polar surface area (TPSA) is 84.2 Å². The number of halogens is 3. The first-order chi connectivity index (χ1) is 10.9. The molecule has 2 aromatic carbocycles. The zero-order chi connectivity index (χ0) is 17.0. The highest BCUT2D eigenvalue weighted by atomic mass is 35.5. The molecule has 2 aromatic rings. The summed E-state index contributed by atoms with van der Waals surface area (Å²) >= 11 is 5.64. The lowest BCUT2D eigenvalue weighted by Crippen LogP contribution is -2.28. The Morgan fingerprint density at radius 1 is 1.09 bits per heavy atom. The molecular formula is C15H12ClF2N3O2. The zero-order valence-electron chi connectivity index (χ0n) is 11.7. The van der Waals surface area contributed by atoms with Crippen LogP contribution in [0, 0.1) is 11.6 Å². The van der Waals surface area contributed by atoms with Gasteiger partial charge in [-0.1, -0.05) is 17.7 Å². The van der Waals surface area contributed by atoms with Crippen LogP contribution in [-0.2, 0) is 6.54 Å². The average molecular weight is 340 g/mol. The number of benzene rings is 2. The van der Waals surface area contributed by atoms with E-state index < -0.39 is 23.6 Å². The summed E-state index contributed by atoms with van der Waals surface area (Å²) in [4.78, 5) is 22.8. The summed E-state index contributed by atoms with van der Waals surface area (Å²) in [5.41, 5.74) is 5.50. The number of nitrogens with two attached hydrogens (primary N) is 1. The number of carbonyl (C=O) groups is 2. The molecule has 0 aliphatic heterocycles. The lowest BCUT2D eigenvalue weighted by atomic mass is 10.2. The molecule has 8 heteroatoms. The number of anilines is 1. The normalized spacial score (nSPS) is 10.2. The van der Waals surface area contributed by atoms with Crippen LogP contribution in [0.1, 0.15) is 15.9 Å². The van der Waals surface area contributed by atoms with Gasteiger partial charge in [0.05, 0.1) is 10.6 Å². The molecule has 120 valence electrons. The number of carbonyl (C=O) groups excluding carboxylic acids is 2. The molecule has 0 heterocycles.